The number of nitrogens with two attached hydrogens (primary N) is 1. The van der Waals surface area contributed by atoms with Crippen LogP contribution in [0.2, 0.25) is 0 Å². The number of anilines is 1. The molecule has 3 nitrogen and oxygen atoms in total. The van der Waals surface area contributed by atoms with Crippen molar-refractivity contribution in [3.63, 3.8) is 0 Å². The smallest absolute Gasteiger partial charge is 0.220 e. The van der Waals surface area contributed by atoms with Crippen LogP contribution in [0.3, 0.4) is 0 Å². The van der Waals surface area contributed by atoms with Crippen molar-refractivity contribution in [1.82, 2.24) is 5.32 Å². The first-order valence-corrected chi connectivity index (χ1v) is 7.19. The van der Waals surface area contributed by atoms with Crippen molar-refractivity contribution >= 4 is 11.6 Å². The summed E-state index contributed by atoms with van der Waals surface area (Å²) >= 11 is 0. The van der Waals surface area contributed by atoms with E-state index in [0.29, 0.717) is 12.5 Å². The molecule has 0 saturated heterocycles. The van der Waals surface area contributed by atoms with Gasteiger partial charge in [-0.15, -0.1) is 0 Å². The van der Waals surface area contributed by atoms with Crippen LogP contribution in [-0.2, 0) is 4.79 Å². The van der Waals surface area contributed by atoms with E-state index >= 15 is 0 Å². The second-order valence-electron chi connectivity index (χ2n) is 5.95. The first-order chi connectivity index (χ1) is 9.04. The van der Waals surface area contributed by atoms with Gasteiger partial charge in [-0.3, -0.25) is 4.79 Å². The molecule has 0 spiro atoms. The maximum atomic E-state index is 12.0. The van der Waals surface area contributed by atoms with Crippen LogP contribution in [0.1, 0.15) is 51.0 Å². The molecule has 2 rings (SSSR count). The van der Waals surface area contributed by atoms with E-state index in [4.69, 9.17) is 5.73 Å². The van der Waals surface area contributed by atoms with Gasteiger partial charge in [0, 0.05) is 18.2 Å². The number of carbonyl (C=O) groups is 1. The van der Waals surface area contributed by atoms with Crippen molar-refractivity contribution in [2.45, 2.75) is 51.5 Å². The lowest BCUT2D eigenvalue weighted by Gasteiger charge is -2.16. The molecule has 1 aromatic carbocycles. The number of rotatable bonds is 4. The zero-order chi connectivity index (χ0) is 13.8. The fourth-order valence-corrected chi connectivity index (χ4v) is 2.85. The lowest BCUT2D eigenvalue weighted by atomic mass is 9.97. The summed E-state index contributed by atoms with van der Waals surface area (Å²) in [5.74, 6) is 1.16. The highest BCUT2D eigenvalue weighted by Gasteiger charge is 2.23. The lowest BCUT2D eigenvalue weighted by Crippen LogP contribution is -2.33. The Bertz CT molecular complexity index is 427. The second-order valence-corrected chi connectivity index (χ2v) is 5.95. The fourth-order valence-electron chi connectivity index (χ4n) is 2.85. The Labute approximate surface area is 115 Å². The molecule has 0 bridgehead atoms. The van der Waals surface area contributed by atoms with Gasteiger partial charge in [0.2, 0.25) is 5.91 Å². The van der Waals surface area contributed by atoms with Gasteiger partial charge in [0.25, 0.3) is 0 Å². The molecule has 3 heteroatoms. The molecule has 1 fully saturated rings. The Balaban J connectivity index is 1.83. The number of benzene rings is 1. The van der Waals surface area contributed by atoms with E-state index in [9.17, 15) is 4.79 Å². The van der Waals surface area contributed by atoms with E-state index in [-0.39, 0.29) is 11.8 Å². The monoisotopic (exact) mass is 260 g/mol. The van der Waals surface area contributed by atoms with Crippen LogP contribution in [0, 0.1) is 5.92 Å². The molecule has 0 aromatic heterocycles. The van der Waals surface area contributed by atoms with E-state index in [2.05, 4.69) is 19.2 Å². The summed E-state index contributed by atoms with van der Waals surface area (Å²) in [6.45, 7) is 4.34. The van der Waals surface area contributed by atoms with E-state index in [1.54, 1.807) is 0 Å². The topological polar surface area (TPSA) is 55.1 Å². The predicted molar refractivity (Wildman–Crippen MR) is 78.8 cm³/mol. The molecular weight excluding hydrogens is 236 g/mol. The number of hydrogen-bond donors (Lipinski definition) is 2. The highest BCUT2D eigenvalue weighted by Crippen LogP contribution is 2.25. The molecule has 19 heavy (non-hydrogen) atoms. The van der Waals surface area contributed by atoms with Gasteiger partial charge in [-0.05, 0) is 48.8 Å². The SMILES string of the molecule is CC1CCC(NC(=O)CC(C)c2ccc(N)cc2)C1. The predicted octanol–water partition coefficient (Wildman–Crippen LogP) is 3.07. The third-order valence-corrected chi connectivity index (χ3v) is 4.06. The minimum atomic E-state index is 0.170. The van der Waals surface area contributed by atoms with E-state index in [0.717, 1.165) is 24.4 Å². The molecule has 1 saturated carbocycles. The van der Waals surface area contributed by atoms with E-state index in [1.807, 2.05) is 24.3 Å². The summed E-state index contributed by atoms with van der Waals surface area (Å²) in [5, 5.41) is 3.16. The highest BCUT2D eigenvalue weighted by atomic mass is 16.1. The van der Waals surface area contributed by atoms with Gasteiger partial charge in [-0.25, -0.2) is 0 Å². The summed E-state index contributed by atoms with van der Waals surface area (Å²) < 4.78 is 0. The summed E-state index contributed by atoms with van der Waals surface area (Å²) in [6, 6.07) is 8.18. The molecule has 3 N–H and O–H groups in total. The Morgan fingerprint density at radius 3 is 2.63 bits per heavy atom. The fraction of sp³-hybridized carbons (Fsp3) is 0.562. The van der Waals surface area contributed by atoms with Crippen molar-refractivity contribution in [3.8, 4) is 0 Å². The Kier molecular flexibility index (Phi) is 4.46. The molecule has 1 aliphatic carbocycles. The standard InChI is InChI=1S/C16H24N2O/c1-11-3-8-15(9-11)18-16(19)10-12(2)13-4-6-14(17)7-5-13/h4-7,11-12,15H,3,8-10,17H2,1-2H3,(H,18,19). The number of hydrogen-bond acceptors (Lipinski definition) is 2. The molecule has 0 radical (unpaired) electrons. The summed E-state index contributed by atoms with van der Waals surface area (Å²) in [4.78, 5) is 12.0. The first kappa shape index (κ1) is 13.9. The van der Waals surface area contributed by atoms with E-state index in [1.165, 1.54) is 12.0 Å². The number of nitrogens with one attached hydrogen (secondary N) is 1. The Hall–Kier alpha value is -1.51. The van der Waals surface area contributed by atoms with Crippen LogP contribution >= 0.6 is 0 Å². The first-order valence-electron chi connectivity index (χ1n) is 7.19. The molecule has 3 atom stereocenters. The molecule has 0 heterocycles. The Morgan fingerprint density at radius 2 is 2.05 bits per heavy atom. The van der Waals surface area contributed by atoms with Crippen LogP contribution in [0.4, 0.5) is 5.69 Å². The van der Waals surface area contributed by atoms with Crippen LogP contribution in [0.25, 0.3) is 0 Å². The number of nitrogen functional groups attached to an aromatic ring is 1. The van der Waals surface area contributed by atoms with Crippen molar-refractivity contribution < 1.29 is 4.79 Å². The third kappa shape index (κ3) is 3.98. The van der Waals surface area contributed by atoms with Crippen molar-refractivity contribution in [1.29, 1.82) is 0 Å². The maximum Gasteiger partial charge on any atom is 0.220 e. The molecule has 1 amide bonds. The van der Waals surface area contributed by atoms with Gasteiger partial charge in [-0.1, -0.05) is 26.0 Å². The lowest BCUT2D eigenvalue weighted by molar-refractivity contribution is -0.122. The van der Waals surface area contributed by atoms with Gasteiger partial charge in [-0.2, -0.15) is 0 Å². The van der Waals surface area contributed by atoms with Gasteiger partial charge in [0.15, 0.2) is 0 Å². The van der Waals surface area contributed by atoms with Crippen molar-refractivity contribution in [2.24, 2.45) is 5.92 Å². The van der Waals surface area contributed by atoms with Crippen molar-refractivity contribution in [3.05, 3.63) is 29.8 Å². The third-order valence-electron chi connectivity index (χ3n) is 4.06. The summed E-state index contributed by atoms with van der Waals surface area (Å²) in [6.07, 6.45) is 4.04. The average molecular weight is 260 g/mol. The number of amides is 1. The molecule has 0 aliphatic heterocycles. The van der Waals surface area contributed by atoms with Crippen LogP contribution in [-0.4, -0.2) is 11.9 Å². The quantitative estimate of drug-likeness (QED) is 0.817. The largest absolute Gasteiger partial charge is 0.399 e. The molecule has 3 unspecified atom stereocenters. The van der Waals surface area contributed by atoms with Gasteiger partial charge in [0.05, 0.1) is 0 Å². The van der Waals surface area contributed by atoms with Crippen LogP contribution in [0.15, 0.2) is 24.3 Å². The Morgan fingerprint density at radius 1 is 1.37 bits per heavy atom. The zero-order valence-corrected chi connectivity index (χ0v) is 11.9. The van der Waals surface area contributed by atoms with Crippen LogP contribution < -0.4 is 11.1 Å². The van der Waals surface area contributed by atoms with E-state index < -0.39 is 0 Å². The molecule has 1 aromatic rings. The summed E-state index contributed by atoms with van der Waals surface area (Å²) in [7, 11) is 0. The molecule has 104 valence electrons. The molecular formula is C16H24N2O. The van der Waals surface area contributed by atoms with Crippen LogP contribution in [0.5, 0.6) is 0 Å². The normalized spacial score (nSPS) is 24.1. The number of carbonyl (C=O) groups excluding carboxylic acids is 1. The van der Waals surface area contributed by atoms with Crippen molar-refractivity contribution in [2.75, 3.05) is 5.73 Å². The highest BCUT2D eigenvalue weighted by molar-refractivity contribution is 5.77. The maximum absolute atomic E-state index is 12.0. The van der Waals surface area contributed by atoms with Gasteiger partial charge < -0.3 is 11.1 Å². The average Bonchev–Trinajstić information content (AvgIpc) is 2.75. The second kappa shape index (κ2) is 6.09. The van der Waals surface area contributed by atoms with Gasteiger partial charge in [0.1, 0.15) is 0 Å². The molecule has 1 aliphatic rings. The zero-order valence-electron chi connectivity index (χ0n) is 11.9. The summed E-state index contributed by atoms with van der Waals surface area (Å²) in [5.41, 5.74) is 7.61. The van der Waals surface area contributed by atoms with Gasteiger partial charge >= 0.3 is 0 Å². The minimum absolute atomic E-state index is 0.170. The minimum Gasteiger partial charge on any atom is -0.399 e.